The van der Waals surface area contributed by atoms with E-state index < -0.39 is 0 Å². The zero-order valence-corrected chi connectivity index (χ0v) is 32.0. The molecule has 0 N–H and O–H groups in total. The van der Waals surface area contributed by atoms with Gasteiger partial charge in [0.15, 0.2) is 17.5 Å². The van der Waals surface area contributed by atoms with Crippen LogP contribution in [0.15, 0.2) is 217 Å². The van der Waals surface area contributed by atoms with Gasteiger partial charge in [0.1, 0.15) is 11.2 Å². The Morgan fingerprint density at radius 2 is 0.644 bits per heavy atom. The van der Waals surface area contributed by atoms with Gasteiger partial charge in [0.05, 0.1) is 0 Å². The lowest BCUT2D eigenvalue weighted by atomic mass is 9.93. The fourth-order valence-corrected chi connectivity index (χ4v) is 8.18. The summed E-state index contributed by atoms with van der Waals surface area (Å²) in [6, 6.07) is 74.0. The highest BCUT2D eigenvalue weighted by Crippen LogP contribution is 2.43. The van der Waals surface area contributed by atoms with Crippen molar-refractivity contribution in [2.45, 2.75) is 0 Å². The van der Waals surface area contributed by atoms with E-state index in [0.717, 1.165) is 71.7 Å². The predicted octanol–water partition coefficient (Wildman–Crippen LogP) is 14.6. The van der Waals surface area contributed by atoms with E-state index in [4.69, 9.17) is 19.4 Å². The van der Waals surface area contributed by atoms with Gasteiger partial charge < -0.3 is 4.42 Å². The molecule has 4 nitrogen and oxygen atoms in total. The number of aromatic nitrogens is 3. The molecule has 11 rings (SSSR count). The molecule has 4 heteroatoms. The lowest BCUT2D eigenvalue weighted by Gasteiger charge is -2.10. The molecular weight excluding hydrogens is 719 g/mol. The fourth-order valence-electron chi connectivity index (χ4n) is 8.18. The number of rotatable bonds is 7. The van der Waals surface area contributed by atoms with E-state index in [1.54, 1.807) is 0 Å². The van der Waals surface area contributed by atoms with Gasteiger partial charge in [-0.15, -0.1) is 0 Å². The second kappa shape index (κ2) is 14.5. The first kappa shape index (κ1) is 34.3. The number of hydrogen-bond donors (Lipinski definition) is 0. The Labute approximate surface area is 341 Å². The molecule has 9 aromatic carbocycles. The van der Waals surface area contributed by atoms with Crippen LogP contribution in [0.1, 0.15) is 0 Å². The minimum atomic E-state index is 0.614. The number of hydrogen-bond acceptors (Lipinski definition) is 4. The number of fused-ring (bicyclic) bond motifs is 5. The third-order valence-corrected chi connectivity index (χ3v) is 11.2. The van der Waals surface area contributed by atoms with Crippen molar-refractivity contribution < 1.29 is 4.42 Å². The number of benzene rings is 9. The Bertz CT molecular complexity index is 3280. The lowest BCUT2D eigenvalue weighted by molar-refractivity contribution is 0.674. The van der Waals surface area contributed by atoms with Crippen LogP contribution in [0.2, 0.25) is 0 Å². The van der Waals surface area contributed by atoms with Crippen LogP contribution >= 0.6 is 0 Å². The molecule has 0 fully saturated rings. The first-order chi connectivity index (χ1) is 29.2. The van der Waals surface area contributed by atoms with Crippen LogP contribution in [0.3, 0.4) is 0 Å². The normalized spacial score (nSPS) is 11.4. The summed E-state index contributed by atoms with van der Waals surface area (Å²) < 4.78 is 6.87. The third kappa shape index (κ3) is 6.34. The van der Waals surface area contributed by atoms with Gasteiger partial charge in [-0.05, 0) is 56.5 Å². The number of furan rings is 1. The van der Waals surface area contributed by atoms with Gasteiger partial charge in [-0.2, -0.15) is 0 Å². The summed E-state index contributed by atoms with van der Waals surface area (Å²) in [5.74, 6) is 1.87. The summed E-state index contributed by atoms with van der Waals surface area (Å²) in [6.07, 6.45) is 0. The molecule has 2 aromatic heterocycles. The van der Waals surface area contributed by atoms with Gasteiger partial charge >= 0.3 is 0 Å². The largest absolute Gasteiger partial charge is 0.455 e. The predicted molar refractivity (Wildman–Crippen MR) is 243 cm³/mol. The zero-order chi connectivity index (χ0) is 39.1. The van der Waals surface area contributed by atoms with Crippen molar-refractivity contribution >= 4 is 32.7 Å². The average molecular weight is 754 g/mol. The maximum absolute atomic E-state index is 6.87. The highest BCUT2D eigenvalue weighted by molar-refractivity contribution is 6.20. The third-order valence-electron chi connectivity index (χ3n) is 11.2. The Morgan fingerprint density at radius 1 is 0.237 bits per heavy atom. The number of para-hydroxylation sites is 1. The summed E-state index contributed by atoms with van der Waals surface area (Å²) in [6.45, 7) is 0. The summed E-state index contributed by atoms with van der Waals surface area (Å²) in [7, 11) is 0. The van der Waals surface area contributed by atoms with E-state index in [2.05, 4.69) is 176 Å². The van der Waals surface area contributed by atoms with Gasteiger partial charge in [-0.3, -0.25) is 0 Å². The van der Waals surface area contributed by atoms with Gasteiger partial charge in [0.2, 0.25) is 0 Å². The van der Waals surface area contributed by atoms with Crippen LogP contribution < -0.4 is 0 Å². The topological polar surface area (TPSA) is 51.8 Å². The molecule has 0 aliphatic heterocycles. The standard InChI is InChI=1S/C55H35N3O/c1-4-14-36(15-5-1)38-26-28-40(29-27-38)49-35-50-48-25-13-24-45(51(48)59-52(50)47-23-11-10-22-46(47)49)39-30-32-42(33-31-39)54-56-53(41-18-8-3-9-19-41)57-55(58-54)44-21-12-20-43(34-44)37-16-6-2-7-17-37/h1-35H. The second-order valence-corrected chi connectivity index (χ2v) is 14.8. The Kier molecular flexibility index (Phi) is 8.45. The molecule has 0 radical (unpaired) electrons. The van der Waals surface area contributed by atoms with E-state index in [1.807, 2.05) is 36.4 Å². The maximum Gasteiger partial charge on any atom is 0.164 e. The quantitative estimate of drug-likeness (QED) is 0.163. The van der Waals surface area contributed by atoms with Crippen LogP contribution in [0.5, 0.6) is 0 Å². The first-order valence-corrected chi connectivity index (χ1v) is 19.8. The minimum absolute atomic E-state index is 0.614. The zero-order valence-electron chi connectivity index (χ0n) is 32.0. The lowest BCUT2D eigenvalue weighted by Crippen LogP contribution is -2.00. The second-order valence-electron chi connectivity index (χ2n) is 14.8. The molecule has 0 aliphatic rings. The van der Waals surface area contributed by atoms with E-state index in [9.17, 15) is 0 Å². The van der Waals surface area contributed by atoms with Gasteiger partial charge in [-0.1, -0.05) is 200 Å². The highest BCUT2D eigenvalue weighted by atomic mass is 16.3. The summed E-state index contributed by atoms with van der Waals surface area (Å²) >= 11 is 0. The molecule has 0 amide bonds. The SMILES string of the molecule is c1ccc(-c2ccc(-c3cc4c5cccc(-c6ccc(-c7nc(-c8ccccc8)nc(-c8cccc(-c9ccccc9)c8)n7)cc6)c5oc4c4ccccc34)cc2)cc1. The molecule has 276 valence electrons. The van der Waals surface area contributed by atoms with Crippen LogP contribution in [-0.2, 0) is 0 Å². The van der Waals surface area contributed by atoms with Crippen molar-refractivity contribution in [3.05, 3.63) is 212 Å². The molecule has 0 unspecified atom stereocenters. The van der Waals surface area contributed by atoms with Crippen molar-refractivity contribution in [3.8, 4) is 78.7 Å². The number of nitrogens with zero attached hydrogens (tertiary/aromatic N) is 3. The van der Waals surface area contributed by atoms with Gasteiger partial charge in [0.25, 0.3) is 0 Å². The summed E-state index contributed by atoms with van der Waals surface area (Å²) in [5, 5.41) is 4.44. The Hall–Kier alpha value is -7.95. The van der Waals surface area contributed by atoms with Crippen molar-refractivity contribution in [1.82, 2.24) is 15.0 Å². The van der Waals surface area contributed by atoms with Crippen molar-refractivity contribution in [1.29, 1.82) is 0 Å². The molecule has 0 aliphatic carbocycles. The molecular formula is C55H35N3O. The summed E-state index contributed by atoms with van der Waals surface area (Å²) in [5.41, 5.74) is 13.6. The molecule has 0 saturated carbocycles. The molecule has 0 spiro atoms. The van der Waals surface area contributed by atoms with Gasteiger partial charge in [0, 0.05) is 38.4 Å². The van der Waals surface area contributed by atoms with Crippen LogP contribution in [0, 0.1) is 0 Å². The van der Waals surface area contributed by atoms with Crippen molar-refractivity contribution in [2.75, 3.05) is 0 Å². The van der Waals surface area contributed by atoms with Crippen molar-refractivity contribution in [2.24, 2.45) is 0 Å². The maximum atomic E-state index is 6.87. The van der Waals surface area contributed by atoms with E-state index in [0.29, 0.717) is 17.5 Å². The van der Waals surface area contributed by atoms with E-state index >= 15 is 0 Å². The van der Waals surface area contributed by atoms with Gasteiger partial charge in [-0.25, -0.2) is 15.0 Å². The minimum Gasteiger partial charge on any atom is -0.455 e. The van der Waals surface area contributed by atoms with E-state index in [-0.39, 0.29) is 0 Å². The molecule has 0 saturated heterocycles. The van der Waals surface area contributed by atoms with Crippen LogP contribution in [0.25, 0.3) is 111 Å². The van der Waals surface area contributed by atoms with Crippen molar-refractivity contribution in [3.63, 3.8) is 0 Å². The van der Waals surface area contributed by atoms with E-state index in [1.165, 1.54) is 22.3 Å². The average Bonchev–Trinajstić information content (AvgIpc) is 3.71. The molecule has 59 heavy (non-hydrogen) atoms. The van der Waals surface area contributed by atoms with Crippen LogP contribution in [0.4, 0.5) is 0 Å². The Balaban J connectivity index is 0.990. The molecule has 0 atom stereocenters. The molecule has 2 heterocycles. The van der Waals surface area contributed by atoms with Crippen LogP contribution in [-0.4, -0.2) is 15.0 Å². The fraction of sp³-hybridized carbons (Fsp3) is 0. The molecule has 0 bridgehead atoms. The first-order valence-electron chi connectivity index (χ1n) is 19.8. The monoisotopic (exact) mass is 753 g/mol. The highest BCUT2D eigenvalue weighted by Gasteiger charge is 2.18. The Morgan fingerprint density at radius 3 is 1.31 bits per heavy atom. The molecule has 11 aromatic rings. The summed E-state index contributed by atoms with van der Waals surface area (Å²) in [4.78, 5) is 15.0. The smallest absolute Gasteiger partial charge is 0.164 e.